The van der Waals surface area contributed by atoms with Gasteiger partial charge in [0.15, 0.2) is 0 Å². The molecule has 0 bridgehead atoms. The molecule has 0 aliphatic carbocycles. The summed E-state index contributed by atoms with van der Waals surface area (Å²) in [7, 11) is 0. The first-order chi connectivity index (χ1) is 33.0. The van der Waals surface area contributed by atoms with E-state index in [4.69, 9.17) is 0 Å². The Morgan fingerprint density at radius 2 is 0.642 bits per heavy atom. The van der Waals surface area contributed by atoms with Gasteiger partial charge in [0.05, 0.1) is 31.3 Å². The molecule has 0 aromatic rings. The van der Waals surface area contributed by atoms with Crippen LogP contribution >= 0.6 is 0 Å². The first kappa shape index (κ1) is 65.3. The first-order valence-corrected chi connectivity index (χ1v) is 29.9. The van der Waals surface area contributed by atoms with Crippen molar-refractivity contribution in [3.8, 4) is 0 Å². The van der Waals surface area contributed by atoms with E-state index in [1.54, 1.807) is 6.08 Å². The summed E-state index contributed by atoms with van der Waals surface area (Å²) in [5.74, 6) is -0.326. The van der Waals surface area contributed by atoms with Crippen LogP contribution in [0.4, 0.5) is 0 Å². The lowest BCUT2D eigenvalue weighted by atomic mass is 10.0. The number of hydrogen-bond acceptors (Lipinski definition) is 4. The molecule has 4 N–H and O–H groups in total. The molecule has 0 saturated carbocycles. The average molecular weight is 941 g/mol. The highest BCUT2D eigenvalue weighted by molar-refractivity contribution is 5.76. The molecule has 0 fully saturated rings. The van der Waals surface area contributed by atoms with Crippen LogP contribution in [-0.4, -0.2) is 46.1 Å². The molecule has 0 aliphatic heterocycles. The Bertz CT molecular complexity index is 1080. The Labute approximate surface area is 418 Å². The van der Waals surface area contributed by atoms with Crippen LogP contribution in [0, 0.1) is 0 Å². The van der Waals surface area contributed by atoms with Crippen LogP contribution in [-0.2, 0) is 4.79 Å². The standard InChI is InChI=1S/C62H117NO4/c1-3-5-7-9-11-13-15-17-19-21-23-25-26-27-28-29-30-31-32-33-34-36-37-39-41-43-45-47-49-51-53-55-59(65)57-62(67)63-60(58-64)61(66)56-54-52-50-48-46-44-42-40-38-35-24-22-20-18-16-14-12-10-8-6-4-2/h27-28,38,40,46,48,54,56,59-61,64-66H,3-26,29-37,39,41-45,47,49-53,55,57-58H2,1-2H3,(H,63,67)/b28-27-,40-38+,48-46+,56-54+. The largest absolute Gasteiger partial charge is 0.394 e. The van der Waals surface area contributed by atoms with Gasteiger partial charge in [-0.05, 0) is 70.6 Å². The quantitative estimate of drug-likeness (QED) is 0.0361. The highest BCUT2D eigenvalue weighted by Gasteiger charge is 2.20. The van der Waals surface area contributed by atoms with Crippen molar-refractivity contribution in [1.82, 2.24) is 5.32 Å². The van der Waals surface area contributed by atoms with E-state index in [9.17, 15) is 20.1 Å². The van der Waals surface area contributed by atoms with Crippen LogP contribution in [0.2, 0.25) is 0 Å². The van der Waals surface area contributed by atoms with Crippen molar-refractivity contribution >= 4 is 5.91 Å². The number of nitrogens with one attached hydrogen (secondary N) is 1. The molecular formula is C62H117NO4. The summed E-state index contributed by atoms with van der Waals surface area (Å²) in [5, 5.41) is 33.5. The Morgan fingerprint density at radius 3 is 0.955 bits per heavy atom. The number of unbranched alkanes of at least 4 members (excludes halogenated alkanes) is 40. The predicted octanol–water partition coefficient (Wildman–Crippen LogP) is 18.8. The summed E-state index contributed by atoms with van der Waals surface area (Å²) in [6, 6.07) is -0.769. The third-order valence-corrected chi connectivity index (χ3v) is 13.8. The van der Waals surface area contributed by atoms with Gasteiger partial charge in [0.25, 0.3) is 0 Å². The van der Waals surface area contributed by atoms with Crippen molar-refractivity contribution in [2.45, 2.75) is 334 Å². The Hall–Kier alpha value is -1.69. The van der Waals surface area contributed by atoms with Gasteiger partial charge in [-0.3, -0.25) is 4.79 Å². The highest BCUT2D eigenvalue weighted by Crippen LogP contribution is 2.17. The van der Waals surface area contributed by atoms with Gasteiger partial charge >= 0.3 is 0 Å². The van der Waals surface area contributed by atoms with Gasteiger partial charge in [-0.1, -0.05) is 287 Å². The van der Waals surface area contributed by atoms with Gasteiger partial charge in [-0.25, -0.2) is 0 Å². The number of carbonyl (C=O) groups is 1. The number of hydrogen-bond donors (Lipinski definition) is 4. The van der Waals surface area contributed by atoms with Crippen LogP contribution in [0.3, 0.4) is 0 Å². The van der Waals surface area contributed by atoms with E-state index in [-0.39, 0.29) is 18.9 Å². The van der Waals surface area contributed by atoms with Gasteiger partial charge < -0.3 is 20.6 Å². The second-order valence-corrected chi connectivity index (χ2v) is 20.6. The summed E-state index contributed by atoms with van der Waals surface area (Å²) >= 11 is 0. The van der Waals surface area contributed by atoms with E-state index in [1.165, 1.54) is 250 Å². The zero-order chi connectivity index (χ0) is 48.6. The fourth-order valence-electron chi connectivity index (χ4n) is 9.25. The van der Waals surface area contributed by atoms with Crippen molar-refractivity contribution in [2.24, 2.45) is 0 Å². The smallest absolute Gasteiger partial charge is 0.222 e. The van der Waals surface area contributed by atoms with Crippen LogP contribution < -0.4 is 5.32 Å². The zero-order valence-electron chi connectivity index (χ0n) is 45.0. The number of aliphatic hydroxyl groups is 3. The van der Waals surface area contributed by atoms with E-state index in [0.29, 0.717) is 6.42 Å². The molecule has 0 radical (unpaired) electrons. The predicted molar refractivity (Wildman–Crippen MR) is 296 cm³/mol. The molecule has 0 aromatic heterocycles. The second kappa shape index (κ2) is 56.9. The maximum Gasteiger partial charge on any atom is 0.222 e. The molecule has 1 amide bonds. The lowest BCUT2D eigenvalue weighted by Crippen LogP contribution is -2.45. The van der Waals surface area contributed by atoms with Crippen molar-refractivity contribution < 1.29 is 20.1 Å². The fraction of sp³-hybridized carbons (Fsp3) is 0.855. The number of amides is 1. The molecule has 0 aliphatic rings. The lowest BCUT2D eigenvalue weighted by molar-refractivity contribution is -0.124. The minimum absolute atomic E-state index is 0.00343. The molecule has 67 heavy (non-hydrogen) atoms. The highest BCUT2D eigenvalue weighted by atomic mass is 16.3. The van der Waals surface area contributed by atoms with Gasteiger partial charge in [0, 0.05) is 0 Å². The Kier molecular flexibility index (Phi) is 55.5. The maximum absolute atomic E-state index is 12.5. The molecule has 0 spiro atoms. The van der Waals surface area contributed by atoms with E-state index in [1.807, 2.05) is 6.08 Å². The molecule has 3 atom stereocenters. The lowest BCUT2D eigenvalue weighted by Gasteiger charge is -2.21. The van der Waals surface area contributed by atoms with Crippen LogP contribution in [0.5, 0.6) is 0 Å². The summed E-state index contributed by atoms with van der Waals surface area (Å²) in [6.07, 6.45) is 76.0. The topological polar surface area (TPSA) is 89.8 Å². The normalized spacial score (nSPS) is 13.6. The molecule has 0 saturated heterocycles. The molecule has 0 aromatic carbocycles. The summed E-state index contributed by atoms with van der Waals surface area (Å²) in [6.45, 7) is 4.23. The van der Waals surface area contributed by atoms with Gasteiger partial charge in [-0.15, -0.1) is 0 Å². The molecular weight excluding hydrogens is 823 g/mol. The molecule has 5 nitrogen and oxygen atoms in total. The minimum Gasteiger partial charge on any atom is -0.394 e. The van der Waals surface area contributed by atoms with Crippen molar-refractivity contribution in [2.75, 3.05) is 6.61 Å². The summed E-state index contributed by atoms with van der Waals surface area (Å²) in [4.78, 5) is 12.5. The number of aliphatic hydroxyl groups excluding tert-OH is 3. The number of carbonyl (C=O) groups excluding carboxylic acids is 1. The molecule has 3 unspecified atom stereocenters. The Balaban J connectivity index is 3.57. The first-order valence-electron chi connectivity index (χ1n) is 29.9. The molecule has 0 rings (SSSR count). The maximum atomic E-state index is 12.5. The Morgan fingerprint density at radius 1 is 0.373 bits per heavy atom. The third kappa shape index (κ3) is 53.5. The molecule has 0 heterocycles. The van der Waals surface area contributed by atoms with Gasteiger partial charge in [-0.2, -0.15) is 0 Å². The average Bonchev–Trinajstić information content (AvgIpc) is 3.32. The monoisotopic (exact) mass is 940 g/mol. The van der Waals surface area contributed by atoms with Crippen molar-refractivity contribution in [3.05, 3.63) is 48.6 Å². The number of rotatable bonds is 55. The van der Waals surface area contributed by atoms with Crippen LogP contribution in [0.1, 0.15) is 316 Å². The van der Waals surface area contributed by atoms with Crippen LogP contribution in [0.25, 0.3) is 0 Å². The molecule has 5 heteroatoms. The number of allylic oxidation sites excluding steroid dienone is 7. The summed E-state index contributed by atoms with van der Waals surface area (Å²) in [5.41, 5.74) is 0. The SMILES string of the molecule is CCCCCCCCCCCCC/C=C/CC/C=C/CC/C=C/C(O)C(CO)NC(=O)CC(O)CCCCCCCCCCCCCCCCC/C=C\CCCCCCCCCCCCCC. The minimum atomic E-state index is -0.961. The van der Waals surface area contributed by atoms with Crippen molar-refractivity contribution in [1.29, 1.82) is 0 Å². The van der Waals surface area contributed by atoms with Crippen molar-refractivity contribution in [3.63, 3.8) is 0 Å². The summed E-state index contributed by atoms with van der Waals surface area (Å²) < 4.78 is 0. The third-order valence-electron chi connectivity index (χ3n) is 13.8. The van der Waals surface area contributed by atoms with E-state index in [0.717, 1.165) is 38.5 Å². The second-order valence-electron chi connectivity index (χ2n) is 20.6. The van der Waals surface area contributed by atoms with E-state index < -0.39 is 18.2 Å². The van der Waals surface area contributed by atoms with Crippen LogP contribution in [0.15, 0.2) is 48.6 Å². The zero-order valence-corrected chi connectivity index (χ0v) is 45.0. The van der Waals surface area contributed by atoms with Gasteiger partial charge in [0.2, 0.25) is 5.91 Å². The van der Waals surface area contributed by atoms with E-state index >= 15 is 0 Å². The van der Waals surface area contributed by atoms with Gasteiger partial charge in [0.1, 0.15) is 0 Å². The van der Waals surface area contributed by atoms with E-state index in [2.05, 4.69) is 55.6 Å². The fourth-order valence-corrected chi connectivity index (χ4v) is 9.25. The molecule has 394 valence electrons.